The second kappa shape index (κ2) is 8.99. The van der Waals surface area contributed by atoms with Gasteiger partial charge in [0.15, 0.2) is 5.78 Å². The van der Waals surface area contributed by atoms with Crippen molar-refractivity contribution < 1.29 is 19.1 Å². The lowest BCUT2D eigenvalue weighted by Crippen LogP contribution is -2.37. The number of hydrogen-bond acceptors (Lipinski definition) is 6. The van der Waals surface area contributed by atoms with E-state index in [-0.39, 0.29) is 31.0 Å². The first-order chi connectivity index (χ1) is 13.0. The maximum atomic E-state index is 12.2. The van der Waals surface area contributed by atoms with Crippen LogP contribution in [0.3, 0.4) is 0 Å². The van der Waals surface area contributed by atoms with Crippen LogP contribution in [0.2, 0.25) is 5.02 Å². The van der Waals surface area contributed by atoms with E-state index in [1.807, 2.05) is 24.3 Å². The number of rotatable bonds is 7. The lowest BCUT2D eigenvalue weighted by atomic mass is 10.0. The molecule has 0 amide bonds. The van der Waals surface area contributed by atoms with E-state index in [0.29, 0.717) is 22.8 Å². The third-order valence-electron chi connectivity index (χ3n) is 4.31. The molecule has 2 aromatic rings. The number of hydrogen-bond donors (Lipinski definition) is 2. The van der Waals surface area contributed by atoms with E-state index in [2.05, 4.69) is 10.9 Å². The molecule has 0 radical (unpaired) electrons. The second-order valence-corrected chi connectivity index (χ2v) is 6.69. The summed E-state index contributed by atoms with van der Waals surface area (Å²) < 4.78 is 10.8. The van der Waals surface area contributed by atoms with Gasteiger partial charge in [-0.1, -0.05) is 35.9 Å². The van der Waals surface area contributed by atoms with Crippen LogP contribution in [-0.2, 0) is 9.53 Å². The van der Waals surface area contributed by atoms with Crippen LogP contribution in [-0.4, -0.2) is 31.0 Å². The topological polar surface area (TPSA) is 76.7 Å². The summed E-state index contributed by atoms with van der Waals surface area (Å²) in [7, 11) is 0. The summed E-state index contributed by atoms with van der Waals surface area (Å²) in [5.74, 6) is 0.0731. The molecule has 2 unspecified atom stereocenters. The van der Waals surface area contributed by atoms with Crippen LogP contribution in [0.1, 0.15) is 35.3 Å². The van der Waals surface area contributed by atoms with Gasteiger partial charge in [0.05, 0.1) is 5.56 Å². The van der Waals surface area contributed by atoms with Crippen molar-refractivity contribution >= 4 is 23.4 Å². The van der Waals surface area contributed by atoms with Crippen molar-refractivity contribution in [1.82, 2.24) is 10.9 Å². The Morgan fingerprint density at radius 3 is 2.56 bits per heavy atom. The van der Waals surface area contributed by atoms with E-state index in [4.69, 9.17) is 21.1 Å². The van der Waals surface area contributed by atoms with Crippen molar-refractivity contribution in [2.75, 3.05) is 13.2 Å². The summed E-state index contributed by atoms with van der Waals surface area (Å²) >= 11 is 5.90. The minimum atomic E-state index is -0.435. The SMILES string of the molecule is CC(=O)c1ccccc1OCCOC(=O)C1CC(c2ccc(Cl)cc2)NN1. The highest BCUT2D eigenvalue weighted by Crippen LogP contribution is 2.24. The molecule has 142 valence electrons. The highest BCUT2D eigenvalue weighted by atomic mass is 35.5. The normalized spacial score (nSPS) is 18.9. The maximum absolute atomic E-state index is 12.2. The number of nitrogens with one attached hydrogen (secondary N) is 2. The first-order valence-corrected chi connectivity index (χ1v) is 9.08. The Labute approximate surface area is 162 Å². The standard InChI is InChI=1S/C20H21ClN2O4/c1-13(24)16-4-2-3-5-19(16)26-10-11-27-20(25)18-12-17(22-23-18)14-6-8-15(21)9-7-14/h2-9,17-18,22-23H,10-12H2,1H3. The van der Waals surface area contributed by atoms with Crippen molar-refractivity contribution in [3.8, 4) is 5.75 Å². The Balaban J connectivity index is 1.44. The molecule has 1 saturated heterocycles. The molecule has 3 rings (SSSR count). The zero-order valence-electron chi connectivity index (χ0n) is 14.9. The number of para-hydroxylation sites is 1. The summed E-state index contributed by atoms with van der Waals surface area (Å²) in [6.45, 7) is 1.77. The van der Waals surface area contributed by atoms with Gasteiger partial charge in [-0.3, -0.25) is 9.59 Å². The number of ketones is 1. The van der Waals surface area contributed by atoms with Crippen LogP contribution in [0.25, 0.3) is 0 Å². The van der Waals surface area contributed by atoms with E-state index >= 15 is 0 Å². The van der Waals surface area contributed by atoms with Crippen molar-refractivity contribution in [1.29, 1.82) is 0 Å². The number of esters is 1. The molecule has 1 heterocycles. The molecule has 7 heteroatoms. The predicted molar refractivity (Wildman–Crippen MR) is 102 cm³/mol. The summed E-state index contributed by atoms with van der Waals surface area (Å²) in [6.07, 6.45) is 0.578. The quantitative estimate of drug-likeness (QED) is 0.431. The average molecular weight is 389 g/mol. The number of halogens is 1. The van der Waals surface area contributed by atoms with Crippen LogP contribution < -0.4 is 15.6 Å². The van der Waals surface area contributed by atoms with E-state index in [1.165, 1.54) is 6.92 Å². The second-order valence-electron chi connectivity index (χ2n) is 6.25. The number of carbonyl (C=O) groups is 2. The Morgan fingerprint density at radius 2 is 1.81 bits per heavy atom. The third kappa shape index (κ3) is 5.07. The van der Waals surface area contributed by atoms with Crippen molar-refractivity contribution in [2.24, 2.45) is 0 Å². The molecule has 0 aromatic heterocycles. The summed E-state index contributed by atoms with van der Waals surface area (Å²) in [6, 6.07) is 14.1. The van der Waals surface area contributed by atoms with E-state index in [1.54, 1.807) is 24.3 Å². The molecule has 2 N–H and O–H groups in total. The van der Waals surface area contributed by atoms with Gasteiger partial charge in [-0.05, 0) is 43.2 Å². The largest absolute Gasteiger partial charge is 0.489 e. The van der Waals surface area contributed by atoms with Gasteiger partial charge in [0.2, 0.25) is 0 Å². The van der Waals surface area contributed by atoms with Crippen LogP contribution in [0, 0.1) is 0 Å². The van der Waals surface area contributed by atoms with Gasteiger partial charge < -0.3 is 9.47 Å². The van der Waals surface area contributed by atoms with Gasteiger partial charge in [0.1, 0.15) is 25.0 Å². The third-order valence-corrected chi connectivity index (χ3v) is 4.56. The molecule has 0 spiro atoms. The number of carbonyl (C=O) groups excluding carboxylic acids is 2. The van der Waals surface area contributed by atoms with E-state index < -0.39 is 6.04 Å². The zero-order chi connectivity index (χ0) is 19.2. The molecule has 1 aliphatic heterocycles. The fourth-order valence-corrected chi connectivity index (χ4v) is 3.03. The Hall–Kier alpha value is -2.41. The number of benzene rings is 2. The number of ether oxygens (including phenoxy) is 2. The summed E-state index contributed by atoms with van der Waals surface area (Å²) in [4.78, 5) is 23.8. The Bertz CT molecular complexity index is 810. The van der Waals surface area contributed by atoms with Crippen LogP contribution in [0.4, 0.5) is 0 Å². The molecule has 1 fully saturated rings. The molecular weight excluding hydrogens is 368 g/mol. The molecule has 2 aromatic carbocycles. The fourth-order valence-electron chi connectivity index (χ4n) is 2.90. The summed E-state index contributed by atoms with van der Waals surface area (Å²) in [5, 5.41) is 0.673. The highest BCUT2D eigenvalue weighted by molar-refractivity contribution is 6.30. The zero-order valence-corrected chi connectivity index (χ0v) is 15.7. The Morgan fingerprint density at radius 1 is 1.07 bits per heavy atom. The lowest BCUT2D eigenvalue weighted by molar-refractivity contribution is -0.146. The lowest BCUT2D eigenvalue weighted by Gasteiger charge is -2.12. The minimum absolute atomic E-state index is 0.0125. The monoisotopic (exact) mass is 388 g/mol. The van der Waals surface area contributed by atoms with Crippen LogP contribution >= 0.6 is 11.6 Å². The molecule has 27 heavy (non-hydrogen) atoms. The van der Waals surface area contributed by atoms with Gasteiger partial charge in [-0.25, -0.2) is 10.9 Å². The molecule has 6 nitrogen and oxygen atoms in total. The van der Waals surface area contributed by atoms with Crippen LogP contribution in [0.5, 0.6) is 5.75 Å². The smallest absolute Gasteiger partial charge is 0.324 e. The minimum Gasteiger partial charge on any atom is -0.489 e. The molecular formula is C20H21ClN2O4. The number of hydrazine groups is 1. The van der Waals surface area contributed by atoms with Gasteiger partial charge in [0, 0.05) is 11.1 Å². The molecule has 0 saturated carbocycles. The van der Waals surface area contributed by atoms with Crippen LogP contribution in [0.15, 0.2) is 48.5 Å². The van der Waals surface area contributed by atoms with E-state index in [0.717, 1.165) is 5.56 Å². The molecule has 0 bridgehead atoms. The highest BCUT2D eigenvalue weighted by Gasteiger charge is 2.31. The van der Waals surface area contributed by atoms with Gasteiger partial charge >= 0.3 is 5.97 Å². The molecule has 2 atom stereocenters. The Kier molecular flexibility index (Phi) is 6.45. The van der Waals surface area contributed by atoms with Crippen molar-refractivity contribution in [3.05, 3.63) is 64.7 Å². The van der Waals surface area contributed by atoms with Gasteiger partial charge in [-0.15, -0.1) is 0 Å². The average Bonchev–Trinajstić information content (AvgIpc) is 3.16. The van der Waals surface area contributed by atoms with Crippen molar-refractivity contribution in [3.63, 3.8) is 0 Å². The van der Waals surface area contributed by atoms with Crippen molar-refractivity contribution in [2.45, 2.75) is 25.4 Å². The predicted octanol–water partition coefficient (Wildman–Crippen LogP) is 3.07. The first kappa shape index (κ1) is 19.4. The van der Waals surface area contributed by atoms with E-state index in [9.17, 15) is 9.59 Å². The maximum Gasteiger partial charge on any atom is 0.324 e. The molecule has 0 aliphatic carbocycles. The first-order valence-electron chi connectivity index (χ1n) is 8.70. The fraction of sp³-hybridized carbons (Fsp3) is 0.300. The summed E-state index contributed by atoms with van der Waals surface area (Å²) in [5.41, 5.74) is 7.61. The van der Waals surface area contributed by atoms with Gasteiger partial charge in [-0.2, -0.15) is 0 Å². The molecule has 1 aliphatic rings. The van der Waals surface area contributed by atoms with Gasteiger partial charge in [0.25, 0.3) is 0 Å². The number of Topliss-reactive ketones (excluding diaryl/α,β-unsaturated/α-hetero) is 1.